The second-order valence-electron chi connectivity index (χ2n) is 5.76. The average molecular weight is 378 g/mol. The third-order valence-electron chi connectivity index (χ3n) is 4.17. The number of hydrogen-bond acceptors (Lipinski definition) is 4. The lowest BCUT2D eigenvalue weighted by atomic mass is 9.92. The number of halogens is 1. The zero-order valence-electron chi connectivity index (χ0n) is 13.0. The lowest BCUT2D eigenvalue weighted by molar-refractivity contribution is -0.131. The van der Waals surface area contributed by atoms with Crippen LogP contribution < -0.4 is 5.32 Å². The van der Waals surface area contributed by atoms with Crippen molar-refractivity contribution in [1.29, 1.82) is 0 Å². The molecule has 23 heavy (non-hydrogen) atoms. The van der Waals surface area contributed by atoms with E-state index in [0.29, 0.717) is 11.5 Å². The third-order valence-corrected chi connectivity index (χ3v) is 4.67. The summed E-state index contributed by atoms with van der Waals surface area (Å²) in [5, 5.41) is 6.65. The van der Waals surface area contributed by atoms with Crippen molar-refractivity contribution in [2.24, 2.45) is 0 Å². The zero-order chi connectivity index (χ0) is 16.8. The Balaban J connectivity index is 1.94. The van der Waals surface area contributed by atoms with Gasteiger partial charge in [0, 0.05) is 10.0 Å². The normalized spacial score (nSPS) is 21.0. The summed E-state index contributed by atoms with van der Waals surface area (Å²) < 4.78 is 5.95. The van der Waals surface area contributed by atoms with Gasteiger partial charge < -0.3 is 9.84 Å². The van der Waals surface area contributed by atoms with E-state index in [1.54, 1.807) is 20.8 Å². The van der Waals surface area contributed by atoms with Crippen LogP contribution in [0.4, 0.5) is 4.79 Å². The molecule has 120 valence electrons. The molecule has 1 aromatic carbocycles. The van der Waals surface area contributed by atoms with Gasteiger partial charge in [-0.15, -0.1) is 0 Å². The molecule has 0 bridgehead atoms. The molecule has 0 saturated carbocycles. The molecular weight excluding hydrogens is 362 g/mol. The van der Waals surface area contributed by atoms with E-state index in [4.69, 9.17) is 4.52 Å². The molecule has 2 aromatic rings. The van der Waals surface area contributed by atoms with Gasteiger partial charge in [-0.05, 0) is 38.5 Å². The van der Waals surface area contributed by atoms with E-state index in [0.717, 1.165) is 15.6 Å². The predicted molar refractivity (Wildman–Crippen MR) is 86.6 cm³/mol. The van der Waals surface area contributed by atoms with E-state index in [2.05, 4.69) is 26.4 Å². The molecule has 6 nitrogen and oxygen atoms in total. The Morgan fingerprint density at radius 1 is 1.35 bits per heavy atom. The molecule has 1 fully saturated rings. The van der Waals surface area contributed by atoms with E-state index >= 15 is 0 Å². The van der Waals surface area contributed by atoms with Gasteiger partial charge in [0.1, 0.15) is 11.3 Å². The minimum atomic E-state index is -1.08. The molecule has 1 saturated heterocycles. The van der Waals surface area contributed by atoms with Gasteiger partial charge in [0.15, 0.2) is 0 Å². The van der Waals surface area contributed by atoms with Crippen LogP contribution in [0.15, 0.2) is 33.3 Å². The summed E-state index contributed by atoms with van der Waals surface area (Å²) in [6.45, 7) is 5.41. The van der Waals surface area contributed by atoms with Crippen molar-refractivity contribution in [3.05, 3.63) is 51.3 Å². The van der Waals surface area contributed by atoms with Crippen LogP contribution in [-0.2, 0) is 16.9 Å². The number of carbonyl (C=O) groups excluding carboxylic acids is 2. The van der Waals surface area contributed by atoms with Gasteiger partial charge >= 0.3 is 6.03 Å². The molecule has 2 heterocycles. The molecule has 1 aromatic heterocycles. The summed E-state index contributed by atoms with van der Waals surface area (Å²) in [5.74, 6) is 0.319. The minimum absolute atomic E-state index is 0.148. The monoisotopic (exact) mass is 377 g/mol. The van der Waals surface area contributed by atoms with Gasteiger partial charge in [0.2, 0.25) is 0 Å². The summed E-state index contributed by atoms with van der Waals surface area (Å²) >= 11 is 3.39. The number of hydrogen-bond donors (Lipinski definition) is 1. The second kappa shape index (κ2) is 5.49. The fraction of sp³-hybridized carbons (Fsp3) is 0.312. The lowest BCUT2D eigenvalue weighted by Crippen LogP contribution is -2.40. The van der Waals surface area contributed by atoms with Crippen molar-refractivity contribution in [2.75, 3.05) is 0 Å². The lowest BCUT2D eigenvalue weighted by Gasteiger charge is -2.22. The molecule has 1 aliphatic rings. The first-order valence-electron chi connectivity index (χ1n) is 7.15. The maximum atomic E-state index is 12.9. The molecule has 3 rings (SSSR count). The van der Waals surface area contributed by atoms with Gasteiger partial charge in [-0.2, -0.15) is 0 Å². The van der Waals surface area contributed by atoms with Crippen molar-refractivity contribution >= 4 is 27.9 Å². The summed E-state index contributed by atoms with van der Waals surface area (Å²) in [6, 6.07) is 6.94. The van der Waals surface area contributed by atoms with E-state index in [1.807, 2.05) is 24.3 Å². The number of rotatable bonds is 3. The van der Waals surface area contributed by atoms with Crippen molar-refractivity contribution in [1.82, 2.24) is 15.4 Å². The number of aryl methyl sites for hydroxylation is 2. The molecule has 7 heteroatoms. The van der Waals surface area contributed by atoms with Crippen LogP contribution in [0.2, 0.25) is 0 Å². The Morgan fingerprint density at radius 2 is 2.09 bits per heavy atom. The van der Waals surface area contributed by atoms with Gasteiger partial charge in [-0.25, -0.2) is 4.79 Å². The predicted octanol–water partition coefficient (Wildman–Crippen LogP) is 3.02. The fourth-order valence-electron chi connectivity index (χ4n) is 2.72. The highest BCUT2D eigenvalue weighted by molar-refractivity contribution is 9.10. The van der Waals surface area contributed by atoms with Crippen LogP contribution in [0, 0.1) is 13.8 Å². The number of nitrogens with one attached hydrogen (secondary N) is 1. The van der Waals surface area contributed by atoms with Crippen LogP contribution in [0.3, 0.4) is 0 Å². The summed E-state index contributed by atoms with van der Waals surface area (Å²) in [4.78, 5) is 26.4. The van der Waals surface area contributed by atoms with Gasteiger partial charge in [-0.3, -0.25) is 9.69 Å². The first-order chi connectivity index (χ1) is 10.8. The van der Waals surface area contributed by atoms with Gasteiger partial charge in [-0.1, -0.05) is 33.2 Å². The average Bonchev–Trinajstić information content (AvgIpc) is 2.93. The number of amides is 3. The first kappa shape index (κ1) is 15.7. The van der Waals surface area contributed by atoms with Crippen LogP contribution >= 0.6 is 15.9 Å². The Labute approximate surface area is 142 Å². The highest BCUT2D eigenvalue weighted by Crippen LogP contribution is 2.31. The van der Waals surface area contributed by atoms with Gasteiger partial charge in [0.25, 0.3) is 5.91 Å². The first-order valence-corrected chi connectivity index (χ1v) is 7.94. The highest BCUT2D eigenvalue weighted by atomic mass is 79.9. The maximum Gasteiger partial charge on any atom is 0.325 e. The van der Waals surface area contributed by atoms with Gasteiger partial charge in [0.05, 0.1) is 12.2 Å². The number of carbonyl (C=O) groups is 2. The molecule has 1 N–H and O–H groups in total. The molecule has 0 unspecified atom stereocenters. The van der Waals surface area contributed by atoms with E-state index < -0.39 is 11.6 Å². The zero-order valence-corrected chi connectivity index (χ0v) is 14.6. The quantitative estimate of drug-likeness (QED) is 0.834. The summed E-state index contributed by atoms with van der Waals surface area (Å²) in [6.07, 6.45) is 0. The Bertz CT molecular complexity index is 782. The molecule has 0 aliphatic carbocycles. The molecule has 1 aliphatic heterocycles. The van der Waals surface area contributed by atoms with Crippen molar-refractivity contribution < 1.29 is 14.1 Å². The van der Waals surface area contributed by atoms with E-state index in [1.165, 1.54) is 4.90 Å². The smallest absolute Gasteiger partial charge is 0.325 e. The maximum absolute atomic E-state index is 12.9. The largest absolute Gasteiger partial charge is 0.361 e. The molecule has 0 radical (unpaired) electrons. The van der Waals surface area contributed by atoms with E-state index in [9.17, 15) is 9.59 Å². The fourth-order valence-corrected chi connectivity index (χ4v) is 3.12. The molecule has 1 atom stereocenters. The second-order valence-corrected chi connectivity index (χ2v) is 6.68. The molecule has 3 amide bonds. The van der Waals surface area contributed by atoms with Crippen LogP contribution in [-0.4, -0.2) is 22.0 Å². The molecular formula is C16H16BrN3O3. The molecule has 0 spiro atoms. The summed E-state index contributed by atoms with van der Waals surface area (Å²) in [5.41, 5.74) is 1.08. The van der Waals surface area contributed by atoms with Crippen molar-refractivity contribution in [3.8, 4) is 0 Å². The Hall–Kier alpha value is -2.15. The number of urea groups is 1. The van der Waals surface area contributed by atoms with Crippen molar-refractivity contribution in [3.63, 3.8) is 0 Å². The summed E-state index contributed by atoms with van der Waals surface area (Å²) in [7, 11) is 0. The number of benzene rings is 1. The van der Waals surface area contributed by atoms with Crippen LogP contribution in [0.1, 0.15) is 29.5 Å². The Kier molecular flexibility index (Phi) is 3.75. The topological polar surface area (TPSA) is 75.4 Å². The standard InChI is InChI=1S/C16H16BrN3O3/c1-9-13(10(2)23-19-9)8-20-14(21)16(3,18-15(20)22)11-5-4-6-12(17)7-11/h4-7H,8H2,1-3H3,(H,18,22)/t16-/m0/s1. The van der Waals surface area contributed by atoms with Crippen LogP contribution in [0.25, 0.3) is 0 Å². The number of imide groups is 1. The van der Waals surface area contributed by atoms with Crippen LogP contribution in [0.5, 0.6) is 0 Å². The Morgan fingerprint density at radius 3 is 2.70 bits per heavy atom. The third kappa shape index (κ3) is 2.55. The van der Waals surface area contributed by atoms with E-state index in [-0.39, 0.29) is 12.5 Å². The highest BCUT2D eigenvalue weighted by Gasteiger charge is 2.49. The van der Waals surface area contributed by atoms with Crippen molar-refractivity contribution in [2.45, 2.75) is 32.9 Å². The minimum Gasteiger partial charge on any atom is -0.361 e. The SMILES string of the molecule is Cc1noc(C)c1CN1C(=O)N[C@@](C)(c2cccc(Br)c2)C1=O. The number of nitrogens with zero attached hydrogens (tertiary/aromatic N) is 2. The number of aromatic nitrogens is 1.